The molecule has 0 atom stereocenters. The Morgan fingerprint density at radius 1 is 1.04 bits per heavy atom. The Bertz CT molecular complexity index is 851. The number of carbonyl (C=O) groups is 1. The average molecular weight is 350 g/mol. The van der Waals surface area contributed by atoms with Gasteiger partial charge in [-0.2, -0.15) is 0 Å². The summed E-state index contributed by atoms with van der Waals surface area (Å²) in [7, 11) is 0. The molecule has 1 N–H and O–H groups in total. The van der Waals surface area contributed by atoms with Gasteiger partial charge in [0.25, 0.3) is 5.91 Å². The lowest BCUT2D eigenvalue weighted by molar-refractivity contribution is 0.0953. The van der Waals surface area contributed by atoms with Gasteiger partial charge in [0.05, 0.1) is 0 Å². The number of ether oxygens (including phenoxy) is 1. The third-order valence-electron chi connectivity index (χ3n) is 3.84. The van der Waals surface area contributed by atoms with Crippen molar-refractivity contribution in [1.29, 1.82) is 0 Å². The van der Waals surface area contributed by atoms with Gasteiger partial charge in [-0.1, -0.05) is 24.3 Å². The summed E-state index contributed by atoms with van der Waals surface area (Å²) in [5.41, 5.74) is 2.47. The molecule has 3 rings (SSSR count). The van der Waals surface area contributed by atoms with E-state index in [1.807, 2.05) is 12.1 Å². The van der Waals surface area contributed by atoms with Gasteiger partial charge in [-0.15, -0.1) is 0 Å². The molecular formula is C21H19FN2O2. The molecule has 0 bridgehead atoms. The number of halogens is 1. The smallest absolute Gasteiger partial charge is 0.251 e. The Morgan fingerprint density at radius 3 is 2.65 bits per heavy atom. The average Bonchev–Trinajstić information content (AvgIpc) is 2.68. The van der Waals surface area contributed by atoms with E-state index in [-0.39, 0.29) is 11.7 Å². The fourth-order valence-electron chi connectivity index (χ4n) is 2.44. The van der Waals surface area contributed by atoms with Crippen LogP contribution in [0.5, 0.6) is 5.75 Å². The molecule has 0 aliphatic rings. The summed E-state index contributed by atoms with van der Waals surface area (Å²) in [6.07, 6.45) is 4.23. The number of pyridine rings is 1. The van der Waals surface area contributed by atoms with Crippen LogP contribution in [0.25, 0.3) is 0 Å². The summed E-state index contributed by atoms with van der Waals surface area (Å²) in [6, 6.07) is 17.0. The highest BCUT2D eigenvalue weighted by atomic mass is 19.1. The van der Waals surface area contributed by atoms with E-state index in [1.54, 1.807) is 48.8 Å². The van der Waals surface area contributed by atoms with Gasteiger partial charge in [-0.25, -0.2) is 4.39 Å². The Hall–Kier alpha value is -3.21. The number of benzene rings is 2. The number of nitrogens with one attached hydrogen (secondary N) is 1. The molecule has 0 aliphatic carbocycles. The van der Waals surface area contributed by atoms with Crippen molar-refractivity contribution in [2.45, 2.75) is 13.0 Å². The van der Waals surface area contributed by atoms with Gasteiger partial charge in [-0.3, -0.25) is 9.78 Å². The van der Waals surface area contributed by atoms with E-state index < -0.39 is 0 Å². The molecule has 2 aromatic carbocycles. The number of hydrogen-bond donors (Lipinski definition) is 1. The fourth-order valence-corrected chi connectivity index (χ4v) is 2.44. The highest BCUT2D eigenvalue weighted by molar-refractivity contribution is 5.94. The lowest BCUT2D eigenvalue weighted by atomic mass is 10.2. The van der Waals surface area contributed by atoms with Crippen LogP contribution in [0.2, 0.25) is 0 Å². The number of aromatic nitrogens is 1. The highest BCUT2D eigenvalue weighted by Crippen LogP contribution is 2.15. The minimum atomic E-state index is -0.279. The summed E-state index contributed by atoms with van der Waals surface area (Å²) in [5.74, 6) is 0.161. The SMILES string of the molecule is O=C(NCCc1cccnc1)c1cccc(OCc2ccc(F)cc2)c1. The minimum absolute atomic E-state index is 0.152. The third-order valence-corrected chi connectivity index (χ3v) is 3.84. The summed E-state index contributed by atoms with van der Waals surface area (Å²) in [4.78, 5) is 16.3. The lowest BCUT2D eigenvalue weighted by Crippen LogP contribution is -2.25. The van der Waals surface area contributed by atoms with Gasteiger partial charge in [0.2, 0.25) is 0 Å². The van der Waals surface area contributed by atoms with Crippen molar-refractivity contribution in [3.63, 3.8) is 0 Å². The van der Waals surface area contributed by atoms with Crippen LogP contribution >= 0.6 is 0 Å². The van der Waals surface area contributed by atoms with Gasteiger partial charge in [0.1, 0.15) is 18.2 Å². The van der Waals surface area contributed by atoms with E-state index in [1.165, 1.54) is 12.1 Å². The molecule has 0 fully saturated rings. The summed E-state index contributed by atoms with van der Waals surface area (Å²) in [6.45, 7) is 0.845. The highest BCUT2D eigenvalue weighted by Gasteiger charge is 2.07. The first-order chi connectivity index (χ1) is 12.7. The van der Waals surface area contributed by atoms with Crippen molar-refractivity contribution >= 4 is 5.91 Å². The second-order valence-corrected chi connectivity index (χ2v) is 5.81. The Morgan fingerprint density at radius 2 is 1.88 bits per heavy atom. The van der Waals surface area contributed by atoms with Crippen LogP contribution in [0.15, 0.2) is 73.1 Å². The monoisotopic (exact) mass is 350 g/mol. The number of amides is 1. The molecule has 0 saturated carbocycles. The summed E-state index contributed by atoms with van der Waals surface area (Å²) >= 11 is 0. The molecule has 0 unspecified atom stereocenters. The van der Waals surface area contributed by atoms with Gasteiger partial charge >= 0.3 is 0 Å². The Labute approximate surface area is 151 Å². The van der Waals surface area contributed by atoms with Crippen LogP contribution in [-0.4, -0.2) is 17.4 Å². The molecule has 0 spiro atoms. The molecule has 0 radical (unpaired) electrons. The summed E-state index contributed by atoms with van der Waals surface area (Å²) < 4.78 is 18.6. The molecular weight excluding hydrogens is 331 g/mol. The molecule has 0 saturated heterocycles. The predicted molar refractivity (Wildman–Crippen MR) is 97.4 cm³/mol. The minimum Gasteiger partial charge on any atom is -0.489 e. The zero-order valence-electron chi connectivity index (χ0n) is 14.2. The van der Waals surface area contributed by atoms with E-state index in [0.717, 1.165) is 17.5 Å². The predicted octanol–water partition coefficient (Wildman–Crippen LogP) is 3.77. The van der Waals surface area contributed by atoms with Gasteiger partial charge < -0.3 is 10.1 Å². The molecule has 3 aromatic rings. The Balaban J connectivity index is 1.52. The number of hydrogen-bond acceptors (Lipinski definition) is 3. The molecule has 5 heteroatoms. The standard InChI is InChI=1S/C21H19FN2O2/c22-19-8-6-17(7-9-19)15-26-20-5-1-4-18(13-20)21(25)24-12-10-16-3-2-11-23-14-16/h1-9,11,13-14H,10,12,15H2,(H,24,25). The van der Waals surface area contributed by atoms with Crippen molar-refractivity contribution in [1.82, 2.24) is 10.3 Å². The molecule has 4 nitrogen and oxygen atoms in total. The number of nitrogens with zero attached hydrogens (tertiary/aromatic N) is 1. The summed E-state index contributed by atoms with van der Waals surface area (Å²) in [5, 5.41) is 2.89. The van der Waals surface area contributed by atoms with Crippen molar-refractivity contribution in [3.8, 4) is 5.75 Å². The first-order valence-corrected chi connectivity index (χ1v) is 8.35. The van der Waals surface area contributed by atoms with Gasteiger partial charge in [0, 0.05) is 24.5 Å². The molecule has 1 amide bonds. The molecule has 26 heavy (non-hydrogen) atoms. The molecule has 0 aliphatic heterocycles. The van der Waals surface area contributed by atoms with Crippen LogP contribution in [0, 0.1) is 5.82 Å². The zero-order chi connectivity index (χ0) is 18.2. The van der Waals surface area contributed by atoms with E-state index in [2.05, 4.69) is 10.3 Å². The van der Waals surface area contributed by atoms with Crippen molar-refractivity contribution < 1.29 is 13.9 Å². The molecule has 132 valence electrons. The maximum Gasteiger partial charge on any atom is 0.251 e. The fraction of sp³-hybridized carbons (Fsp3) is 0.143. The molecule has 1 aromatic heterocycles. The van der Waals surface area contributed by atoms with Crippen LogP contribution < -0.4 is 10.1 Å². The van der Waals surface area contributed by atoms with Crippen molar-refractivity contribution in [3.05, 3.63) is 95.6 Å². The van der Waals surface area contributed by atoms with E-state index >= 15 is 0 Å². The number of carbonyl (C=O) groups excluding carboxylic acids is 1. The van der Waals surface area contributed by atoms with E-state index in [9.17, 15) is 9.18 Å². The van der Waals surface area contributed by atoms with Crippen LogP contribution in [0.1, 0.15) is 21.5 Å². The van der Waals surface area contributed by atoms with Gasteiger partial charge in [-0.05, 0) is 53.9 Å². The van der Waals surface area contributed by atoms with E-state index in [0.29, 0.717) is 24.5 Å². The van der Waals surface area contributed by atoms with Crippen LogP contribution in [0.4, 0.5) is 4.39 Å². The van der Waals surface area contributed by atoms with Crippen LogP contribution in [-0.2, 0) is 13.0 Å². The zero-order valence-corrected chi connectivity index (χ0v) is 14.2. The first kappa shape index (κ1) is 17.6. The normalized spacial score (nSPS) is 10.3. The third kappa shape index (κ3) is 5.14. The quantitative estimate of drug-likeness (QED) is 0.706. The topological polar surface area (TPSA) is 51.2 Å². The second-order valence-electron chi connectivity index (χ2n) is 5.81. The van der Waals surface area contributed by atoms with Crippen LogP contribution in [0.3, 0.4) is 0 Å². The van der Waals surface area contributed by atoms with Crippen molar-refractivity contribution in [2.75, 3.05) is 6.54 Å². The maximum atomic E-state index is 12.9. The van der Waals surface area contributed by atoms with Crippen molar-refractivity contribution in [2.24, 2.45) is 0 Å². The molecule has 1 heterocycles. The second kappa shape index (κ2) is 8.76. The first-order valence-electron chi connectivity index (χ1n) is 8.35. The maximum absolute atomic E-state index is 12.9. The largest absolute Gasteiger partial charge is 0.489 e. The lowest BCUT2D eigenvalue weighted by Gasteiger charge is -2.09. The number of rotatable bonds is 7. The van der Waals surface area contributed by atoms with E-state index in [4.69, 9.17) is 4.74 Å². The van der Waals surface area contributed by atoms with Gasteiger partial charge in [0.15, 0.2) is 0 Å². The Kier molecular flexibility index (Phi) is 5.93.